The zero-order chi connectivity index (χ0) is 19.1. The van der Waals surface area contributed by atoms with Gasteiger partial charge in [-0.15, -0.1) is 0 Å². The van der Waals surface area contributed by atoms with E-state index in [2.05, 4.69) is 10.6 Å². The van der Waals surface area contributed by atoms with Crippen LogP contribution in [0.25, 0.3) is 0 Å². The minimum atomic E-state index is -0.0655. The Kier molecular flexibility index (Phi) is 7.60. The molecule has 6 heteroatoms. The van der Waals surface area contributed by atoms with Gasteiger partial charge in [-0.05, 0) is 51.0 Å². The lowest BCUT2D eigenvalue weighted by molar-refractivity contribution is -0.114. The van der Waals surface area contributed by atoms with Crippen molar-refractivity contribution in [3.8, 4) is 0 Å². The Morgan fingerprint density at radius 1 is 0.731 bits per heavy atom. The van der Waals surface area contributed by atoms with E-state index >= 15 is 0 Å². The molecule has 2 aromatic carbocycles. The number of hydrogen-bond acceptors (Lipinski definition) is 4. The van der Waals surface area contributed by atoms with Gasteiger partial charge in [0.2, 0.25) is 11.8 Å². The van der Waals surface area contributed by atoms with E-state index in [0.29, 0.717) is 11.5 Å². The molecule has 0 aliphatic carbocycles. The summed E-state index contributed by atoms with van der Waals surface area (Å²) in [4.78, 5) is 24.0. The largest absolute Gasteiger partial charge is 0.325 e. The van der Waals surface area contributed by atoms with E-state index in [1.165, 1.54) is 32.7 Å². The van der Waals surface area contributed by atoms with Crippen LogP contribution in [-0.2, 0) is 9.59 Å². The SMILES string of the molecule is Cc1ccc(NC(=O)CSSCC(=O)Nc2ccc(C)cc2C)c(C)c1. The quantitative estimate of drug-likeness (QED) is 0.524. The summed E-state index contributed by atoms with van der Waals surface area (Å²) in [5, 5.41) is 5.81. The van der Waals surface area contributed by atoms with Crippen molar-refractivity contribution in [2.75, 3.05) is 22.1 Å². The highest BCUT2D eigenvalue weighted by molar-refractivity contribution is 8.77. The zero-order valence-electron chi connectivity index (χ0n) is 15.5. The second-order valence-corrected chi connectivity index (χ2v) is 8.72. The van der Waals surface area contributed by atoms with Crippen molar-refractivity contribution >= 4 is 44.8 Å². The molecule has 0 atom stereocenters. The summed E-state index contributed by atoms with van der Waals surface area (Å²) in [5.74, 6) is 0.470. The van der Waals surface area contributed by atoms with Gasteiger partial charge in [0.05, 0.1) is 11.5 Å². The van der Waals surface area contributed by atoms with E-state index in [9.17, 15) is 9.59 Å². The smallest absolute Gasteiger partial charge is 0.235 e. The number of hydrogen-bond donors (Lipinski definition) is 2. The molecule has 2 N–H and O–H groups in total. The van der Waals surface area contributed by atoms with E-state index in [1.54, 1.807) is 0 Å². The second kappa shape index (κ2) is 9.69. The molecule has 4 nitrogen and oxygen atoms in total. The molecule has 0 radical (unpaired) electrons. The number of aryl methyl sites for hydroxylation is 4. The second-order valence-electron chi connectivity index (χ2n) is 6.26. The van der Waals surface area contributed by atoms with Gasteiger partial charge in [0.15, 0.2) is 0 Å². The molecule has 2 amide bonds. The van der Waals surface area contributed by atoms with Crippen molar-refractivity contribution in [2.45, 2.75) is 27.7 Å². The summed E-state index contributed by atoms with van der Waals surface area (Å²) in [6.07, 6.45) is 0. The first kappa shape index (κ1) is 20.4. The van der Waals surface area contributed by atoms with Crippen molar-refractivity contribution in [1.82, 2.24) is 0 Å². The average Bonchev–Trinajstić information content (AvgIpc) is 2.57. The third kappa shape index (κ3) is 6.42. The number of benzene rings is 2. The molecule has 0 aliphatic heterocycles. The first-order valence-corrected chi connectivity index (χ1v) is 10.8. The maximum atomic E-state index is 12.0. The third-order valence-electron chi connectivity index (χ3n) is 3.78. The summed E-state index contributed by atoms with van der Waals surface area (Å²) in [5.41, 5.74) is 6.09. The standard InChI is InChI=1S/C20H24N2O2S2/c1-13-5-7-17(15(3)9-13)21-19(23)11-25-26-12-20(24)22-18-8-6-14(2)10-16(18)4/h5-10H,11-12H2,1-4H3,(H,21,23)(H,22,24). The Bertz CT molecular complexity index is 739. The van der Waals surface area contributed by atoms with Crippen LogP contribution in [0.2, 0.25) is 0 Å². The zero-order valence-corrected chi connectivity index (χ0v) is 17.1. The Morgan fingerprint density at radius 2 is 1.12 bits per heavy atom. The van der Waals surface area contributed by atoms with Crippen LogP contribution in [0.4, 0.5) is 11.4 Å². The van der Waals surface area contributed by atoms with Crippen LogP contribution < -0.4 is 10.6 Å². The predicted molar refractivity (Wildman–Crippen MR) is 114 cm³/mol. The van der Waals surface area contributed by atoms with Gasteiger partial charge in [-0.1, -0.05) is 57.0 Å². The van der Waals surface area contributed by atoms with Crippen LogP contribution in [0.15, 0.2) is 36.4 Å². The molecule has 0 aromatic heterocycles. The topological polar surface area (TPSA) is 58.2 Å². The number of anilines is 2. The molecule has 138 valence electrons. The predicted octanol–water partition coefficient (Wildman–Crippen LogP) is 4.88. The summed E-state index contributed by atoms with van der Waals surface area (Å²) in [7, 11) is 2.76. The van der Waals surface area contributed by atoms with E-state index in [0.717, 1.165) is 22.5 Å². The van der Waals surface area contributed by atoms with Gasteiger partial charge in [-0.25, -0.2) is 0 Å². The lowest BCUT2D eigenvalue weighted by Crippen LogP contribution is -2.16. The average molecular weight is 389 g/mol. The van der Waals surface area contributed by atoms with Crippen molar-refractivity contribution in [3.63, 3.8) is 0 Å². The highest BCUT2D eigenvalue weighted by Crippen LogP contribution is 2.23. The van der Waals surface area contributed by atoms with Crippen LogP contribution in [0.5, 0.6) is 0 Å². The van der Waals surface area contributed by atoms with Crippen molar-refractivity contribution in [3.05, 3.63) is 58.7 Å². The van der Waals surface area contributed by atoms with Gasteiger partial charge in [-0.3, -0.25) is 9.59 Å². The van der Waals surface area contributed by atoms with Gasteiger partial charge in [0, 0.05) is 11.4 Å². The van der Waals surface area contributed by atoms with Crippen LogP contribution in [0.1, 0.15) is 22.3 Å². The molecule has 0 unspecified atom stereocenters. The molecule has 0 saturated heterocycles. The molecule has 2 aromatic rings. The minimum Gasteiger partial charge on any atom is -0.325 e. The Hall–Kier alpha value is -1.92. The number of carbonyl (C=O) groups is 2. The van der Waals surface area contributed by atoms with Gasteiger partial charge in [0.1, 0.15) is 0 Å². The fourth-order valence-corrected chi connectivity index (χ4v) is 4.14. The third-order valence-corrected chi connectivity index (χ3v) is 5.91. The maximum absolute atomic E-state index is 12.0. The molecule has 2 rings (SSSR count). The summed E-state index contributed by atoms with van der Waals surface area (Å²) in [6, 6.07) is 11.9. The molecular weight excluding hydrogens is 364 g/mol. The summed E-state index contributed by atoms with van der Waals surface area (Å²) < 4.78 is 0. The molecule has 0 saturated carbocycles. The normalized spacial score (nSPS) is 10.5. The van der Waals surface area contributed by atoms with E-state index in [-0.39, 0.29) is 11.8 Å². The molecule has 0 fully saturated rings. The maximum Gasteiger partial charge on any atom is 0.235 e. The molecular formula is C20H24N2O2S2. The summed E-state index contributed by atoms with van der Waals surface area (Å²) >= 11 is 0. The van der Waals surface area contributed by atoms with Crippen LogP contribution >= 0.6 is 21.6 Å². The first-order valence-electron chi connectivity index (χ1n) is 8.34. The lowest BCUT2D eigenvalue weighted by Gasteiger charge is -2.10. The summed E-state index contributed by atoms with van der Waals surface area (Å²) in [6.45, 7) is 7.99. The Morgan fingerprint density at radius 3 is 1.46 bits per heavy atom. The fraction of sp³-hybridized carbons (Fsp3) is 0.300. The van der Waals surface area contributed by atoms with Gasteiger partial charge < -0.3 is 10.6 Å². The number of carbonyl (C=O) groups excluding carboxylic acids is 2. The highest BCUT2D eigenvalue weighted by Gasteiger charge is 2.08. The van der Waals surface area contributed by atoms with Crippen molar-refractivity contribution in [2.24, 2.45) is 0 Å². The first-order chi connectivity index (χ1) is 12.3. The van der Waals surface area contributed by atoms with Crippen LogP contribution in [0.3, 0.4) is 0 Å². The monoisotopic (exact) mass is 388 g/mol. The van der Waals surface area contributed by atoms with E-state index in [1.807, 2.05) is 64.1 Å². The molecule has 26 heavy (non-hydrogen) atoms. The van der Waals surface area contributed by atoms with Crippen LogP contribution in [0, 0.1) is 27.7 Å². The number of rotatable bonds is 7. The molecule has 0 heterocycles. The molecule has 0 aliphatic rings. The number of nitrogens with one attached hydrogen (secondary N) is 2. The minimum absolute atomic E-state index is 0.0655. The van der Waals surface area contributed by atoms with Crippen molar-refractivity contribution in [1.29, 1.82) is 0 Å². The van der Waals surface area contributed by atoms with Gasteiger partial charge in [-0.2, -0.15) is 0 Å². The van der Waals surface area contributed by atoms with Crippen LogP contribution in [-0.4, -0.2) is 23.3 Å². The van der Waals surface area contributed by atoms with E-state index in [4.69, 9.17) is 0 Å². The molecule has 0 bridgehead atoms. The van der Waals surface area contributed by atoms with Gasteiger partial charge in [0.25, 0.3) is 0 Å². The Labute approximate surface area is 162 Å². The van der Waals surface area contributed by atoms with E-state index < -0.39 is 0 Å². The Balaban J connectivity index is 1.70. The number of amides is 2. The lowest BCUT2D eigenvalue weighted by atomic mass is 10.1. The highest BCUT2D eigenvalue weighted by atomic mass is 33.1. The molecule has 0 spiro atoms. The van der Waals surface area contributed by atoms with Crippen molar-refractivity contribution < 1.29 is 9.59 Å². The van der Waals surface area contributed by atoms with Gasteiger partial charge >= 0.3 is 0 Å². The fourth-order valence-electron chi connectivity index (χ4n) is 2.47.